The Kier molecular flexibility index (Phi) is 7.66. The van der Waals surface area contributed by atoms with Crippen LogP contribution in [-0.2, 0) is 16.6 Å². The summed E-state index contributed by atoms with van der Waals surface area (Å²) in [7, 11) is -3.76. The monoisotopic (exact) mass is 478 g/mol. The average molecular weight is 479 g/mol. The summed E-state index contributed by atoms with van der Waals surface area (Å²) in [6.45, 7) is 8.29. The maximum atomic E-state index is 13.5. The van der Waals surface area contributed by atoms with E-state index >= 15 is 0 Å². The predicted molar refractivity (Wildman–Crippen MR) is 131 cm³/mol. The lowest BCUT2D eigenvalue weighted by Gasteiger charge is -2.22. The van der Waals surface area contributed by atoms with Gasteiger partial charge in [-0.25, -0.2) is 8.42 Å². The van der Waals surface area contributed by atoms with Gasteiger partial charge in [0.2, 0.25) is 15.6 Å². The van der Waals surface area contributed by atoms with Crippen molar-refractivity contribution >= 4 is 26.8 Å². The van der Waals surface area contributed by atoms with Crippen molar-refractivity contribution in [3.8, 4) is 6.07 Å². The lowest BCUT2D eigenvalue weighted by molar-refractivity contribution is 0.0764. The van der Waals surface area contributed by atoms with Crippen molar-refractivity contribution in [1.82, 2.24) is 14.2 Å². The molecule has 0 atom stereocenters. The van der Waals surface area contributed by atoms with E-state index in [4.69, 9.17) is 5.26 Å². The number of pyridine rings is 1. The number of hydrogen-bond donors (Lipinski definition) is 1. The Morgan fingerprint density at radius 3 is 2.38 bits per heavy atom. The van der Waals surface area contributed by atoms with Gasteiger partial charge in [-0.05, 0) is 35.9 Å². The molecule has 0 saturated heterocycles. The summed E-state index contributed by atoms with van der Waals surface area (Å²) in [6.07, 6.45) is 1.58. The number of aromatic amines is 1. The van der Waals surface area contributed by atoms with Gasteiger partial charge in [0.25, 0.3) is 5.91 Å². The molecule has 0 unspecified atom stereocenters. The van der Waals surface area contributed by atoms with Crippen LogP contribution >= 0.6 is 0 Å². The van der Waals surface area contributed by atoms with Crippen molar-refractivity contribution in [3.05, 3.63) is 88.2 Å². The molecule has 0 aliphatic carbocycles. The van der Waals surface area contributed by atoms with Crippen LogP contribution < -0.4 is 5.56 Å². The topological polar surface area (TPSA) is 114 Å². The lowest BCUT2D eigenvalue weighted by Crippen LogP contribution is -2.32. The Morgan fingerprint density at radius 1 is 1.12 bits per heavy atom. The van der Waals surface area contributed by atoms with Crippen molar-refractivity contribution in [2.45, 2.75) is 25.3 Å². The number of H-pyrrole nitrogens is 1. The fourth-order valence-electron chi connectivity index (χ4n) is 3.73. The highest BCUT2D eigenvalue weighted by atomic mass is 32.2. The van der Waals surface area contributed by atoms with Crippen molar-refractivity contribution in [2.24, 2.45) is 0 Å². The third-order valence-electron chi connectivity index (χ3n) is 5.48. The zero-order chi connectivity index (χ0) is 24.9. The molecule has 2 aromatic carbocycles. The number of hydrogen-bond acceptors (Lipinski definition) is 5. The van der Waals surface area contributed by atoms with Crippen molar-refractivity contribution in [3.63, 3.8) is 0 Å². The smallest absolute Gasteiger partial charge is 0.255 e. The van der Waals surface area contributed by atoms with Crippen LogP contribution in [0.5, 0.6) is 0 Å². The molecule has 34 heavy (non-hydrogen) atoms. The number of amides is 1. The van der Waals surface area contributed by atoms with Gasteiger partial charge in [0, 0.05) is 43.1 Å². The number of benzene rings is 2. The summed E-state index contributed by atoms with van der Waals surface area (Å²) in [6, 6.07) is 14.4. The van der Waals surface area contributed by atoms with Gasteiger partial charge in [-0.15, -0.1) is 6.58 Å². The number of rotatable bonds is 9. The van der Waals surface area contributed by atoms with Crippen molar-refractivity contribution in [1.29, 1.82) is 5.26 Å². The summed E-state index contributed by atoms with van der Waals surface area (Å²) >= 11 is 0. The quantitative estimate of drug-likeness (QED) is 0.474. The van der Waals surface area contributed by atoms with E-state index in [-0.39, 0.29) is 23.5 Å². The fraction of sp³-hybridized carbons (Fsp3) is 0.240. The molecule has 0 aliphatic heterocycles. The second kappa shape index (κ2) is 10.5. The van der Waals surface area contributed by atoms with E-state index in [1.54, 1.807) is 44.2 Å². The van der Waals surface area contributed by atoms with Crippen LogP contribution in [0.25, 0.3) is 10.9 Å². The molecule has 0 fully saturated rings. The molecular formula is C25H26N4O4S. The Morgan fingerprint density at radius 2 is 1.79 bits per heavy atom. The molecule has 0 spiro atoms. The molecule has 0 saturated carbocycles. The average Bonchev–Trinajstić information content (AvgIpc) is 2.83. The number of sulfonamides is 1. The zero-order valence-electron chi connectivity index (χ0n) is 19.1. The Hall–Kier alpha value is -3.74. The molecule has 0 bridgehead atoms. The first kappa shape index (κ1) is 24.9. The van der Waals surface area contributed by atoms with Crippen LogP contribution in [0, 0.1) is 11.3 Å². The summed E-state index contributed by atoms with van der Waals surface area (Å²) in [5.41, 5.74) is 1.31. The molecule has 176 valence electrons. The van der Waals surface area contributed by atoms with E-state index < -0.39 is 21.5 Å². The highest BCUT2D eigenvalue weighted by molar-refractivity contribution is 7.89. The van der Waals surface area contributed by atoms with Crippen molar-refractivity contribution in [2.75, 3.05) is 19.6 Å². The number of carbonyl (C=O) groups is 1. The molecular weight excluding hydrogens is 452 g/mol. The second-order valence-corrected chi connectivity index (χ2v) is 9.56. The van der Waals surface area contributed by atoms with Crippen LogP contribution in [0.15, 0.2) is 70.9 Å². The summed E-state index contributed by atoms with van der Waals surface area (Å²) in [5, 5.41) is 9.34. The van der Waals surface area contributed by atoms with Gasteiger partial charge in [0.1, 0.15) is 0 Å². The molecule has 3 rings (SSSR count). The van der Waals surface area contributed by atoms with Crippen LogP contribution in [0.3, 0.4) is 0 Å². The van der Waals surface area contributed by atoms with Gasteiger partial charge < -0.3 is 9.88 Å². The van der Waals surface area contributed by atoms with E-state index in [0.717, 1.165) is 5.56 Å². The predicted octanol–water partition coefficient (Wildman–Crippen LogP) is 3.26. The second-order valence-electron chi connectivity index (χ2n) is 7.63. The number of carbonyl (C=O) groups excluding carboxylic acids is 1. The minimum Gasteiger partial charge on any atom is -0.331 e. The Labute approximate surface area is 198 Å². The Balaban J connectivity index is 2.09. The number of fused-ring (bicyclic) bond motifs is 1. The van der Waals surface area contributed by atoms with Crippen LogP contribution in [0.1, 0.15) is 35.3 Å². The van der Waals surface area contributed by atoms with Gasteiger partial charge in [-0.3, -0.25) is 9.59 Å². The fourth-order valence-corrected chi connectivity index (χ4v) is 5.22. The van der Waals surface area contributed by atoms with E-state index in [1.807, 2.05) is 0 Å². The molecule has 1 N–H and O–H groups in total. The normalized spacial score (nSPS) is 11.4. The first-order chi connectivity index (χ1) is 16.2. The summed E-state index contributed by atoms with van der Waals surface area (Å²) in [5.74, 6) is -0.433. The van der Waals surface area contributed by atoms with Gasteiger partial charge in [-0.1, -0.05) is 32.1 Å². The molecule has 0 radical (unpaired) electrons. The van der Waals surface area contributed by atoms with E-state index in [9.17, 15) is 18.0 Å². The van der Waals surface area contributed by atoms with Crippen LogP contribution in [0.4, 0.5) is 0 Å². The van der Waals surface area contributed by atoms with Crippen molar-refractivity contribution < 1.29 is 13.2 Å². The number of nitrogens with one attached hydrogen (secondary N) is 1. The standard InChI is InChI=1S/C25H26N4O4S/c1-4-13-28(17-19-9-7-18(16-26)8-10-19)25(31)22-15-24(30)27-23-12-11-20(14-21(22)23)34(32,33)29(5-2)6-3/h4,7-12,14-15H,1,5-6,13,17H2,2-3H3,(H,27,30). The van der Waals surface area contributed by atoms with Gasteiger partial charge in [0.15, 0.2) is 0 Å². The summed E-state index contributed by atoms with van der Waals surface area (Å²) < 4.78 is 27.4. The lowest BCUT2D eigenvalue weighted by atomic mass is 10.1. The van der Waals surface area contributed by atoms with Gasteiger partial charge >= 0.3 is 0 Å². The highest BCUT2D eigenvalue weighted by Gasteiger charge is 2.24. The largest absolute Gasteiger partial charge is 0.331 e. The minimum atomic E-state index is -3.76. The molecule has 1 aromatic heterocycles. The number of nitrogens with zero attached hydrogens (tertiary/aromatic N) is 3. The third kappa shape index (κ3) is 5.09. The molecule has 1 amide bonds. The van der Waals surface area contributed by atoms with E-state index in [2.05, 4.69) is 17.6 Å². The first-order valence-electron chi connectivity index (χ1n) is 10.8. The van der Waals surface area contributed by atoms with Crippen LogP contribution in [0.2, 0.25) is 0 Å². The third-order valence-corrected chi connectivity index (χ3v) is 7.53. The maximum absolute atomic E-state index is 13.5. The molecule has 9 heteroatoms. The Bertz CT molecular complexity index is 1420. The van der Waals surface area contributed by atoms with E-state index in [1.165, 1.54) is 33.5 Å². The van der Waals surface area contributed by atoms with Gasteiger partial charge in [-0.2, -0.15) is 9.57 Å². The summed E-state index contributed by atoms with van der Waals surface area (Å²) in [4.78, 5) is 30.1. The highest BCUT2D eigenvalue weighted by Crippen LogP contribution is 2.24. The number of aromatic nitrogens is 1. The first-order valence-corrected chi connectivity index (χ1v) is 12.3. The van der Waals surface area contributed by atoms with Gasteiger partial charge in [0.05, 0.1) is 22.1 Å². The molecule has 3 aromatic rings. The van der Waals surface area contributed by atoms with Crippen LogP contribution in [-0.4, -0.2) is 48.1 Å². The zero-order valence-corrected chi connectivity index (χ0v) is 19.9. The molecule has 8 nitrogen and oxygen atoms in total. The molecule has 1 heterocycles. The van der Waals surface area contributed by atoms with E-state index in [0.29, 0.717) is 29.6 Å². The molecule has 0 aliphatic rings. The maximum Gasteiger partial charge on any atom is 0.255 e. The SMILES string of the molecule is C=CCN(Cc1ccc(C#N)cc1)C(=O)c1cc(=O)[nH]c2ccc(S(=O)(=O)N(CC)CC)cc12. The minimum absolute atomic E-state index is 0.0483. The number of nitriles is 1.